The van der Waals surface area contributed by atoms with Crippen molar-refractivity contribution in [3.05, 3.63) is 34.9 Å². The first-order chi connectivity index (χ1) is 9.49. The molecule has 0 heterocycles. The minimum Gasteiger partial charge on any atom is -0.377 e. The van der Waals surface area contributed by atoms with Crippen LogP contribution >= 0.6 is 11.6 Å². The second-order valence-electron chi connectivity index (χ2n) is 6.23. The van der Waals surface area contributed by atoms with Gasteiger partial charge in [0.25, 0.3) is 0 Å². The molecule has 114 valence electrons. The Hall–Kier alpha value is -0.570. The molecule has 0 unspecified atom stereocenters. The summed E-state index contributed by atoms with van der Waals surface area (Å²) in [6.45, 7) is 9.15. The van der Waals surface area contributed by atoms with Crippen molar-refractivity contribution in [2.45, 2.75) is 58.6 Å². The van der Waals surface area contributed by atoms with E-state index in [1.165, 1.54) is 19.3 Å². The molecule has 1 rings (SSSR count). The van der Waals surface area contributed by atoms with Crippen molar-refractivity contribution in [1.82, 2.24) is 5.32 Å². The number of unbranched alkanes of at least 4 members (excludes halogenated alkanes) is 3. The summed E-state index contributed by atoms with van der Waals surface area (Å²) in [4.78, 5) is 0. The van der Waals surface area contributed by atoms with Gasteiger partial charge in [-0.1, -0.05) is 42.6 Å². The zero-order valence-corrected chi connectivity index (χ0v) is 13.8. The topological polar surface area (TPSA) is 21.3 Å². The van der Waals surface area contributed by atoms with Crippen molar-refractivity contribution in [3.8, 4) is 0 Å². The normalized spacial score (nSPS) is 11.8. The molecule has 0 aromatic heterocycles. The Bertz CT molecular complexity index is 373. The van der Waals surface area contributed by atoms with E-state index in [9.17, 15) is 0 Å². The molecule has 0 amide bonds. The van der Waals surface area contributed by atoms with Crippen LogP contribution in [0.15, 0.2) is 24.3 Å². The molecule has 0 saturated carbocycles. The van der Waals surface area contributed by atoms with Gasteiger partial charge in [0.15, 0.2) is 0 Å². The highest BCUT2D eigenvalue weighted by Gasteiger charge is 2.06. The minimum absolute atomic E-state index is 0.234. The van der Waals surface area contributed by atoms with Gasteiger partial charge in [0, 0.05) is 17.2 Å². The molecule has 0 aliphatic carbocycles. The SMILES string of the molecule is CC(C)(C)NCCCCCCOCc1ccccc1Cl. The number of rotatable bonds is 9. The van der Waals surface area contributed by atoms with Crippen LogP contribution in [-0.2, 0) is 11.3 Å². The first kappa shape index (κ1) is 17.5. The number of nitrogens with one attached hydrogen (secondary N) is 1. The lowest BCUT2D eigenvalue weighted by Crippen LogP contribution is -2.36. The zero-order chi connectivity index (χ0) is 14.8. The number of hydrogen-bond acceptors (Lipinski definition) is 2. The molecule has 20 heavy (non-hydrogen) atoms. The third kappa shape index (κ3) is 8.57. The Kier molecular flexibility index (Phi) is 8.20. The summed E-state index contributed by atoms with van der Waals surface area (Å²) < 4.78 is 5.66. The standard InChI is InChI=1S/C17H28ClNO/c1-17(2,3)19-12-8-4-5-9-13-20-14-15-10-6-7-11-16(15)18/h6-7,10-11,19H,4-5,8-9,12-14H2,1-3H3. The highest BCUT2D eigenvalue weighted by atomic mass is 35.5. The smallest absolute Gasteiger partial charge is 0.0731 e. The lowest BCUT2D eigenvalue weighted by molar-refractivity contribution is 0.117. The van der Waals surface area contributed by atoms with Crippen molar-refractivity contribution < 1.29 is 4.74 Å². The quantitative estimate of drug-likeness (QED) is 0.661. The Morgan fingerprint density at radius 1 is 1.05 bits per heavy atom. The summed E-state index contributed by atoms with van der Waals surface area (Å²) in [5.74, 6) is 0. The van der Waals surface area contributed by atoms with Crippen LogP contribution in [0.4, 0.5) is 0 Å². The van der Waals surface area contributed by atoms with Crippen LogP contribution in [0.3, 0.4) is 0 Å². The first-order valence-electron chi connectivity index (χ1n) is 7.55. The molecule has 0 radical (unpaired) electrons. The summed E-state index contributed by atoms with van der Waals surface area (Å²) in [6.07, 6.45) is 4.86. The molecular formula is C17H28ClNO. The molecule has 1 aromatic carbocycles. The summed E-state index contributed by atoms with van der Waals surface area (Å²) in [5, 5.41) is 4.30. The highest BCUT2D eigenvalue weighted by molar-refractivity contribution is 6.31. The van der Waals surface area contributed by atoms with Gasteiger partial charge < -0.3 is 10.1 Å². The maximum atomic E-state index is 6.07. The molecule has 0 saturated heterocycles. The number of ether oxygens (including phenoxy) is 1. The third-order valence-corrected chi connectivity index (χ3v) is 3.45. The van der Waals surface area contributed by atoms with E-state index in [1.807, 2.05) is 24.3 Å². The number of halogens is 1. The number of benzene rings is 1. The van der Waals surface area contributed by atoms with Crippen LogP contribution < -0.4 is 5.32 Å². The fraction of sp³-hybridized carbons (Fsp3) is 0.647. The maximum Gasteiger partial charge on any atom is 0.0731 e. The monoisotopic (exact) mass is 297 g/mol. The maximum absolute atomic E-state index is 6.07. The van der Waals surface area contributed by atoms with E-state index in [0.29, 0.717) is 6.61 Å². The van der Waals surface area contributed by atoms with Gasteiger partial charge in [-0.05, 0) is 51.8 Å². The molecule has 0 spiro atoms. The molecular weight excluding hydrogens is 270 g/mol. The lowest BCUT2D eigenvalue weighted by Gasteiger charge is -2.20. The minimum atomic E-state index is 0.234. The van der Waals surface area contributed by atoms with Gasteiger partial charge in [-0.2, -0.15) is 0 Å². The van der Waals surface area contributed by atoms with E-state index in [2.05, 4.69) is 26.1 Å². The molecule has 0 fully saturated rings. The van der Waals surface area contributed by atoms with E-state index < -0.39 is 0 Å². The Balaban J connectivity index is 1.94. The second-order valence-corrected chi connectivity index (χ2v) is 6.64. The Morgan fingerprint density at radius 2 is 1.75 bits per heavy atom. The Labute approximate surface area is 128 Å². The van der Waals surface area contributed by atoms with Crippen LogP contribution in [0.5, 0.6) is 0 Å². The van der Waals surface area contributed by atoms with Crippen molar-refractivity contribution in [2.75, 3.05) is 13.2 Å². The van der Waals surface area contributed by atoms with Gasteiger partial charge in [-0.15, -0.1) is 0 Å². The number of hydrogen-bond donors (Lipinski definition) is 1. The summed E-state index contributed by atoms with van der Waals surface area (Å²) in [7, 11) is 0. The average Bonchev–Trinajstić information content (AvgIpc) is 2.37. The molecule has 0 atom stereocenters. The molecule has 0 aliphatic rings. The summed E-state index contributed by atoms with van der Waals surface area (Å²) >= 11 is 6.07. The van der Waals surface area contributed by atoms with E-state index >= 15 is 0 Å². The molecule has 0 aliphatic heterocycles. The van der Waals surface area contributed by atoms with Gasteiger partial charge in [0.05, 0.1) is 6.61 Å². The molecule has 0 bridgehead atoms. The summed E-state index contributed by atoms with van der Waals surface area (Å²) in [6, 6.07) is 7.85. The summed E-state index contributed by atoms with van der Waals surface area (Å²) in [5.41, 5.74) is 1.31. The fourth-order valence-electron chi connectivity index (χ4n) is 1.94. The predicted octanol–water partition coefficient (Wildman–Crippen LogP) is 4.81. The van der Waals surface area contributed by atoms with Crippen molar-refractivity contribution >= 4 is 11.6 Å². The second kappa shape index (κ2) is 9.38. The van der Waals surface area contributed by atoms with E-state index in [-0.39, 0.29) is 5.54 Å². The average molecular weight is 298 g/mol. The third-order valence-electron chi connectivity index (χ3n) is 3.09. The first-order valence-corrected chi connectivity index (χ1v) is 7.93. The lowest BCUT2D eigenvalue weighted by atomic mass is 10.1. The molecule has 2 nitrogen and oxygen atoms in total. The van der Waals surface area contributed by atoms with Gasteiger partial charge >= 0.3 is 0 Å². The van der Waals surface area contributed by atoms with E-state index in [4.69, 9.17) is 16.3 Å². The van der Waals surface area contributed by atoms with Gasteiger partial charge in [-0.3, -0.25) is 0 Å². The molecule has 3 heteroatoms. The van der Waals surface area contributed by atoms with Crippen LogP contribution in [-0.4, -0.2) is 18.7 Å². The van der Waals surface area contributed by atoms with Crippen LogP contribution in [0.1, 0.15) is 52.0 Å². The largest absolute Gasteiger partial charge is 0.377 e. The fourth-order valence-corrected chi connectivity index (χ4v) is 2.13. The highest BCUT2D eigenvalue weighted by Crippen LogP contribution is 2.15. The van der Waals surface area contributed by atoms with Crippen molar-refractivity contribution in [3.63, 3.8) is 0 Å². The predicted molar refractivity (Wildman–Crippen MR) is 87.3 cm³/mol. The van der Waals surface area contributed by atoms with Crippen LogP contribution in [0.25, 0.3) is 0 Å². The molecule has 1 N–H and O–H groups in total. The van der Waals surface area contributed by atoms with E-state index in [1.54, 1.807) is 0 Å². The van der Waals surface area contributed by atoms with Crippen LogP contribution in [0.2, 0.25) is 5.02 Å². The van der Waals surface area contributed by atoms with E-state index in [0.717, 1.165) is 30.2 Å². The van der Waals surface area contributed by atoms with Crippen molar-refractivity contribution in [2.24, 2.45) is 0 Å². The van der Waals surface area contributed by atoms with Gasteiger partial charge in [0.1, 0.15) is 0 Å². The van der Waals surface area contributed by atoms with Gasteiger partial charge in [-0.25, -0.2) is 0 Å². The van der Waals surface area contributed by atoms with Crippen molar-refractivity contribution in [1.29, 1.82) is 0 Å². The van der Waals surface area contributed by atoms with Gasteiger partial charge in [0.2, 0.25) is 0 Å². The Morgan fingerprint density at radius 3 is 2.45 bits per heavy atom. The van der Waals surface area contributed by atoms with Crippen LogP contribution in [0, 0.1) is 0 Å². The zero-order valence-electron chi connectivity index (χ0n) is 13.0. The molecule has 1 aromatic rings.